The molecule has 1 aliphatic rings. The molecule has 0 saturated carbocycles. The Hall–Kier alpha value is -2.05. The van der Waals surface area contributed by atoms with E-state index in [1.165, 1.54) is 7.05 Å². The van der Waals surface area contributed by atoms with Gasteiger partial charge in [0.05, 0.1) is 17.6 Å². The number of carbonyl (C=O) groups excluding carboxylic acids is 1. The van der Waals surface area contributed by atoms with Crippen LogP contribution in [-0.2, 0) is 4.79 Å². The molecule has 1 aromatic rings. The predicted octanol–water partition coefficient (Wildman–Crippen LogP) is 2.93. The molecular weight excluding hydrogens is 295 g/mol. The Kier molecular flexibility index (Phi) is 4.44. The minimum atomic E-state index is -4.83. The molecule has 1 aromatic heterocycles. The number of rotatable bonds is 2. The Balaban J connectivity index is 2.11. The van der Waals surface area contributed by atoms with Crippen LogP contribution in [0.5, 0.6) is 0 Å². The summed E-state index contributed by atoms with van der Waals surface area (Å²) in [7, 11) is 1.20. The molecule has 0 aromatic carbocycles. The first-order chi connectivity index (χ1) is 10.2. The molecule has 120 valence electrons. The van der Waals surface area contributed by atoms with Gasteiger partial charge in [0.25, 0.3) is 0 Å². The van der Waals surface area contributed by atoms with E-state index in [0.717, 1.165) is 21.7 Å². The number of nitrogens with two attached hydrogens (primary N) is 1. The second kappa shape index (κ2) is 5.98. The van der Waals surface area contributed by atoms with Gasteiger partial charge < -0.3 is 10.6 Å². The van der Waals surface area contributed by atoms with Crippen LogP contribution in [0.25, 0.3) is 5.57 Å². The van der Waals surface area contributed by atoms with Crippen LogP contribution in [0.4, 0.5) is 18.9 Å². The lowest BCUT2D eigenvalue weighted by atomic mass is 9.91. The number of aryl methyl sites for hydroxylation is 1. The molecule has 2 rings (SSSR count). The highest BCUT2D eigenvalue weighted by atomic mass is 19.4. The first-order valence-electron chi connectivity index (χ1n) is 6.95. The lowest BCUT2D eigenvalue weighted by Gasteiger charge is -2.31. The van der Waals surface area contributed by atoms with Gasteiger partial charge in [0, 0.05) is 13.1 Å². The summed E-state index contributed by atoms with van der Waals surface area (Å²) in [5, 5.41) is 0. The van der Waals surface area contributed by atoms with Crippen LogP contribution in [0.15, 0.2) is 18.3 Å². The van der Waals surface area contributed by atoms with Gasteiger partial charge in [-0.2, -0.15) is 13.2 Å². The quantitative estimate of drug-likeness (QED) is 0.913. The third kappa shape index (κ3) is 3.40. The first kappa shape index (κ1) is 16.3. The minimum Gasteiger partial charge on any atom is -0.397 e. The van der Waals surface area contributed by atoms with Crippen molar-refractivity contribution in [2.75, 3.05) is 12.8 Å². The van der Waals surface area contributed by atoms with Crippen LogP contribution in [0, 0.1) is 6.92 Å². The summed E-state index contributed by atoms with van der Waals surface area (Å²) in [6, 6.07) is 1.38. The maximum atomic E-state index is 12.5. The summed E-state index contributed by atoms with van der Waals surface area (Å²) in [4.78, 5) is 16.3. The Morgan fingerprint density at radius 1 is 1.45 bits per heavy atom. The van der Waals surface area contributed by atoms with Crippen molar-refractivity contribution in [2.45, 2.75) is 38.4 Å². The SMILES string of the molecule is Cc1cc(N)cnc1C1=CCC(N(C)C(=O)C(F)(F)F)CC1. The van der Waals surface area contributed by atoms with Crippen molar-refractivity contribution >= 4 is 17.2 Å². The van der Waals surface area contributed by atoms with Gasteiger partial charge in [-0.25, -0.2) is 0 Å². The molecule has 1 unspecified atom stereocenters. The number of nitrogens with zero attached hydrogens (tertiary/aromatic N) is 2. The fourth-order valence-electron chi connectivity index (χ4n) is 2.69. The van der Waals surface area contributed by atoms with Crippen LogP contribution in [0.3, 0.4) is 0 Å². The van der Waals surface area contributed by atoms with Crippen LogP contribution in [0.2, 0.25) is 0 Å². The number of pyridine rings is 1. The molecule has 4 nitrogen and oxygen atoms in total. The zero-order chi connectivity index (χ0) is 16.5. The van der Waals surface area contributed by atoms with Gasteiger partial charge in [-0.15, -0.1) is 0 Å². The van der Waals surface area contributed by atoms with Gasteiger partial charge in [-0.1, -0.05) is 6.08 Å². The van der Waals surface area contributed by atoms with Crippen molar-refractivity contribution in [3.8, 4) is 0 Å². The highest BCUT2D eigenvalue weighted by Gasteiger charge is 2.43. The normalized spacial score (nSPS) is 18.8. The van der Waals surface area contributed by atoms with Crippen LogP contribution >= 0.6 is 0 Å². The summed E-state index contributed by atoms with van der Waals surface area (Å²) in [6.45, 7) is 1.89. The lowest BCUT2D eigenvalue weighted by Crippen LogP contribution is -2.45. The number of halogens is 3. The number of allylic oxidation sites excluding steroid dienone is 1. The molecule has 0 radical (unpaired) electrons. The molecule has 7 heteroatoms. The minimum absolute atomic E-state index is 0.388. The fraction of sp³-hybridized carbons (Fsp3) is 0.467. The lowest BCUT2D eigenvalue weighted by molar-refractivity contribution is -0.186. The summed E-state index contributed by atoms with van der Waals surface area (Å²) >= 11 is 0. The molecule has 1 heterocycles. The molecule has 0 aliphatic heterocycles. The van der Waals surface area contributed by atoms with Crippen molar-refractivity contribution in [3.63, 3.8) is 0 Å². The maximum Gasteiger partial charge on any atom is 0.471 e. The smallest absolute Gasteiger partial charge is 0.397 e. The van der Waals surface area contributed by atoms with Crippen molar-refractivity contribution in [1.29, 1.82) is 0 Å². The van der Waals surface area contributed by atoms with Crippen molar-refractivity contribution in [3.05, 3.63) is 29.6 Å². The molecular formula is C15H18F3N3O. The number of aromatic nitrogens is 1. The summed E-state index contributed by atoms with van der Waals surface area (Å²) in [5.41, 5.74) is 8.97. The molecule has 22 heavy (non-hydrogen) atoms. The standard InChI is InChI=1S/C15H18F3N3O/c1-9-7-11(19)8-20-13(9)10-3-5-12(6-4-10)21(2)14(22)15(16,17)18/h3,7-8,12H,4-6,19H2,1-2H3. The van der Waals surface area contributed by atoms with E-state index in [4.69, 9.17) is 5.73 Å². The fourth-order valence-corrected chi connectivity index (χ4v) is 2.69. The second-order valence-corrected chi connectivity index (χ2v) is 5.51. The molecule has 2 N–H and O–H groups in total. The van der Waals surface area contributed by atoms with Gasteiger partial charge in [0.2, 0.25) is 0 Å². The average molecular weight is 313 g/mol. The Bertz CT molecular complexity index is 611. The number of amides is 1. The number of anilines is 1. The number of hydrogen-bond donors (Lipinski definition) is 1. The highest BCUT2D eigenvalue weighted by molar-refractivity contribution is 5.82. The van der Waals surface area contributed by atoms with E-state index >= 15 is 0 Å². The zero-order valence-electron chi connectivity index (χ0n) is 12.4. The van der Waals surface area contributed by atoms with Crippen LogP contribution < -0.4 is 5.73 Å². The van der Waals surface area contributed by atoms with E-state index in [0.29, 0.717) is 24.9 Å². The van der Waals surface area contributed by atoms with E-state index in [-0.39, 0.29) is 0 Å². The van der Waals surface area contributed by atoms with Crippen molar-refractivity contribution in [1.82, 2.24) is 9.88 Å². The Labute approximate surface area is 126 Å². The van der Waals surface area contributed by atoms with Crippen LogP contribution in [0.1, 0.15) is 30.5 Å². The zero-order valence-corrected chi connectivity index (χ0v) is 12.4. The molecule has 1 aliphatic carbocycles. The number of hydrogen-bond acceptors (Lipinski definition) is 3. The molecule has 0 saturated heterocycles. The van der Waals surface area contributed by atoms with Gasteiger partial charge in [0.15, 0.2) is 0 Å². The number of alkyl halides is 3. The van der Waals surface area contributed by atoms with Crippen molar-refractivity contribution < 1.29 is 18.0 Å². The van der Waals surface area contributed by atoms with E-state index in [1.54, 1.807) is 6.20 Å². The predicted molar refractivity (Wildman–Crippen MR) is 77.8 cm³/mol. The Morgan fingerprint density at radius 2 is 2.14 bits per heavy atom. The molecule has 1 atom stereocenters. The molecule has 0 bridgehead atoms. The van der Waals surface area contributed by atoms with E-state index in [1.807, 2.05) is 19.1 Å². The monoisotopic (exact) mass is 313 g/mol. The van der Waals surface area contributed by atoms with Gasteiger partial charge in [-0.05, 0) is 43.4 Å². The largest absolute Gasteiger partial charge is 0.471 e. The third-order valence-electron chi connectivity index (χ3n) is 3.90. The number of nitrogen functional groups attached to an aromatic ring is 1. The molecule has 0 spiro atoms. The molecule has 0 fully saturated rings. The van der Waals surface area contributed by atoms with E-state index in [9.17, 15) is 18.0 Å². The number of carbonyl (C=O) groups is 1. The third-order valence-corrected chi connectivity index (χ3v) is 3.90. The highest BCUT2D eigenvalue weighted by Crippen LogP contribution is 2.31. The summed E-state index contributed by atoms with van der Waals surface area (Å²) in [5.74, 6) is -1.80. The van der Waals surface area contributed by atoms with E-state index in [2.05, 4.69) is 4.98 Å². The maximum absolute atomic E-state index is 12.5. The first-order valence-corrected chi connectivity index (χ1v) is 6.95. The van der Waals surface area contributed by atoms with Gasteiger partial charge >= 0.3 is 12.1 Å². The molecule has 1 amide bonds. The summed E-state index contributed by atoms with van der Waals surface area (Å²) < 4.78 is 37.4. The van der Waals surface area contributed by atoms with Gasteiger partial charge in [-0.3, -0.25) is 9.78 Å². The van der Waals surface area contributed by atoms with E-state index < -0.39 is 18.1 Å². The average Bonchev–Trinajstić information content (AvgIpc) is 2.45. The topological polar surface area (TPSA) is 59.2 Å². The van der Waals surface area contributed by atoms with Gasteiger partial charge in [0.1, 0.15) is 0 Å². The second-order valence-electron chi connectivity index (χ2n) is 5.51. The summed E-state index contributed by atoms with van der Waals surface area (Å²) in [6.07, 6.45) is 0.0505. The van der Waals surface area contributed by atoms with Crippen molar-refractivity contribution in [2.24, 2.45) is 0 Å². The van der Waals surface area contributed by atoms with Crippen LogP contribution in [-0.4, -0.2) is 35.1 Å². The Morgan fingerprint density at radius 3 is 2.64 bits per heavy atom.